The van der Waals surface area contributed by atoms with Gasteiger partial charge in [0, 0.05) is 10.2 Å². The van der Waals surface area contributed by atoms with Gasteiger partial charge in [-0.2, -0.15) is 5.26 Å². The molecule has 0 aliphatic carbocycles. The van der Waals surface area contributed by atoms with Gasteiger partial charge in [-0.1, -0.05) is 63.9 Å². The average molecular weight is 547 g/mol. The Bertz CT molecular complexity index is 1120. The lowest BCUT2D eigenvalue weighted by molar-refractivity contribution is -0.112. The highest BCUT2D eigenvalue weighted by atomic mass is 79.9. The van der Waals surface area contributed by atoms with E-state index in [0.717, 1.165) is 10.0 Å². The minimum atomic E-state index is -0.507. The minimum Gasteiger partial charge on any atom is -0.486 e. The lowest BCUT2D eigenvalue weighted by atomic mass is 10.1. The summed E-state index contributed by atoms with van der Waals surface area (Å²) in [6.45, 7) is 0.368. The number of benzene rings is 3. The second-order valence-corrected chi connectivity index (χ2v) is 8.40. The van der Waals surface area contributed by atoms with Crippen LogP contribution in [0.5, 0.6) is 5.75 Å². The van der Waals surface area contributed by atoms with Crippen molar-refractivity contribution in [3.63, 3.8) is 0 Å². The van der Waals surface area contributed by atoms with Crippen LogP contribution in [0.2, 0.25) is 5.02 Å². The molecule has 0 aliphatic heterocycles. The van der Waals surface area contributed by atoms with E-state index in [0.29, 0.717) is 33.1 Å². The van der Waals surface area contributed by atoms with Gasteiger partial charge in [-0.25, -0.2) is 0 Å². The Balaban J connectivity index is 1.77. The average Bonchev–Trinajstić information content (AvgIpc) is 2.72. The van der Waals surface area contributed by atoms with E-state index < -0.39 is 5.91 Å². The Morgan fingerprint density at radius 1 is 1.10 bits per heavy atom. The molecule has 7 heteroatoms. The van der Waals surface area contributed by atoms with Crippen LogP contribution in [0, 0.1) is 11.3 Å². The van der Waals surface area contributed by atoms with Crippen molar-refractivity contribution in [2.24, 2.45) is 0 Å². The molecule has 3 rings (SSSR count). The number of carbonyl (C=O) groups is 1. The first kappa shape index (κ1) is 22.1. The largest absolute Gasteiger partial charge is 0.486 e. The van der Waals surface area contributed by atoms with E-state index in [-0.39, 0.29) is 5.57 Å². The molecule has 0 heterocycles. The molecule has 3 aromatic rings. The van der Waals surface area contributed by atoms with Crippen LogP contribution < -0.4 is 10.1 Å². The van der Waals surface area contributed by atoms with Crippen LogP contribution in [-0.4, -0.2) is 5.91 Å². The van der Waals surface area contributed by atoms with Crippen molar-refractivity contribution in [1.29, 1.82) is 5.26 Å². The maximum absolute atomic E-state index is 12.5. The molecule has 0 spiro atoms. The monoisotopic (exact) mass is 544 g/mol. The summed E-state index contributed by atoms with van der Waals surface area (Å²) in [5.41, 5.74) is 2.15. The number of rotatable bonds is 6. The first-order chi connectivity index (χ1) is 14.5. The summed E-state index contributed by atoms with van der Waals surface area (Å²) in [5, 5.41) is 12.5. The van der Waals surface area contributed by atoms with Gasteiger partial charge in [0.2, 0.25) is 0 Å². The fourth-order valence-electron chi connectivity index (χ4n) is 2.61. The van der Waals surface area contributed by atoms with E-state index in [1.54, 1.807) is 30.3 Å². The first-order valence-electron chi connectivity index (χ1n) is 8.81. The highest BCUT2D eigenvalue weighted by Crippen LogP contribution is 2.35. The van der Waals surface area contributed by atoms with Crippen LogP contribution in [0.1, 0.15) is 11.1 Å². The number of nitriles is 1. The molecule has 0 saturated heterocycles. The SMILES string of the molecule is N#C/C(=C/c1cc(Cl)c(OCc2ccccc2)c(Br)c1)C(=O)Nc1cccc(Br)c1. The molecule has 0 unspecified atom stereocenters. The fourth-order valence-corrected chi connectivity index (χ4v) is 4.00. The number of anilines is 1. The number of hydrogen-bond acceptors (Lipinski definition) is 3. The zero-order valence-corrected chi connectivity index (χ0v) is 19.5. The molecule has 4 nitrogen and oxygen atoms in total. The first-order valence-corrected chi connectivity index (χ1v) is 10.8. The molecule has 0 atom stereocenters. The van der Waals surface area contributed by atoms with Crippen LogP contribution in [0.4, 0.5) is 5.69 Å². The number of halogens is 3. The Hall–Kier alpha value is -2.59. The normalized spacial score (nSPS) is 10.9. The van der Waals surface area contributed by atoms with Gasteiger partial charge in [-0.15, -0.1) is 0 Å². The van der Waals surface area contributed by atoms with Gasteiger partial charge in [0.1, 0.15) is 18.2 Å². The molecule has 0 bridgehead atoms. The molecule has 1 amide bonds. The summed E-state index contributed by atoms with van der Waals surface area (Å²) >= 11 is 13.2. The molecule has 0 aliphatic rings. The Labute approximate surface area is 196 Å². The summed E-state index contributed by atoms with van der Waals surface area (Å²) in [7, 11) is 0. The lowest BCUT2D eigenvalue weighted by Gasteiger charge is -2.11. The number of nitrogens with one attached hydrogen (secondary N) is 1. The summed E-state index contributed by atoms with van der Waals surface area (Å²) < 4.78 is 7.28. The lowest BCUT2D eigenvalue weighted by Crippen LogP contribution is -2.13. The van der Waals surface area contributed by atoms with E-state index in [4.69, 9.17) is 16.3 Å². The Kier molecular flexibility index (Phi) is 7.69. The van der Waals surface area contributed by atoms with E-state index in [1.807, 2.05) is 42.5 Å². The van der Waals surface area contributed by atoms with Crippen molar-refractivity contribution in [1.82, 2.24) is 0 Å². The molecule has 0 radical (unpaired) electrons. The summed E-state index contributed by atoms with van der Waals surface area (Å²) in [4.78, 5) is 12.5. The molecular formula is C23H15Br2ClN2O2. The quantitative estimate of drug-likeness (QED) is 0.268. The van der Waals surface area contributed by atoms with Crippen molar-refractivity contribution in [2.45, 2.75) is 6.61 Å². The second-order valence-electron chi connectivity index (χ2n) is 6.22. The standard InChI is InChI=1S/C23H15Br2ClN2O2/c24-18-7-4-8-19(12-18)28-23(29)17(13-27)9-16-10-20(25)22(21(26)11-16)30-14-15-5-2-1-3-6-15/h1-12H,14H2,(H,28,29)/b17-9-. The third-order valence-electron chi connectivity index (χ3n) is 4.01. The van der Waals surface area contributed by atoms with E-state index in [2.05, 4.69) is 37.2 Å². The van der Waals surface area contributed by atoms with Crippen LogP contribution >= 0.6 is 43.5 Å². The highest BCUT2D eigenvalue weighted by molar-refractivity contribution is 9.10. The van der Waals surface area contributed by atoms with Gasteiger partial charge >= 0.3 is 0 Å². The molecule has 0 fully saturated rings. The number of carbonyl (C=O) groups excluding carboxylic acids is 1. The zero-order chi connectivity index (χ0) is 21.5. The van der Waals surface area contributed by atoms with Crippen LogP contribution in [0.3, 0.4) is 0 Å². The Morgan fingerprint density at radius 2 is 1.87 bits per heavy atom. The molecule has 30 heavy (non-hydrogen) atoms. The predicted molar refractivity (Wildman–Crippen MR) is 126 cm³/mol. The topological polar surface area (TPSA) is 62.1 Å². The van der Waals surface area contributed by atoms with E-state index in [1.165, 1.54) is 6.08 Å². The Morgan fingerprint density at radius 3 is 2.53 bits per heavy atom. The van der Waals surface area contributed by atoms with Crippen LogP contribution in [0.25, 0.3) is 6.08 Å². The molecule has 150 valence electrons. The summed E-state index contributed by atoms with van der Waals surface area (Å²) in [5.74, 6) is -0.0120. The van der Waals surface area contributed by atoms with Crippen LogP contribution in [-0.2, 0) is 11.4 Å². The zero-order valence-electron chi connectivity index (χ0n) is 15.5. The fraction of sp³-hybridized carbons (Fsp3) is 0.0435. The van der Waals surface area contributed by atoms with Crippen molar-refractivity contribution in [3.8, 4) is 11.8 Å². The van der Waals surface area contributed by atoms with Crippen molar-refractivity contribution >= 4 is 61.1 Å². The van der Waals surface area contributed by atoms with Gasteiger partial charge < -0.3 is 10.1 Å². The van der Waals surface area contributed by atoms with Crippen molar-refractivity contribution in [3.05, 3.63) is 97.4 Å². The highest BCUT2D eigenvalue weighted by Gasteiger charge is 2.13. The molecule has 3 aromatic carbocycles. The van der Waals surface area contributed by atoms with Crippen LogP contribution in [0.15, 0.2) is 81.2 Å². The number of ether oxygens (including phenoxy) is 1. The van der Waals surface area contributed by atoms with Crippen molar-refractivity contribution in [2.75, 3.05) is 5.32 Å². The summed E-state index contributed by atoms with van der Waals surface area (Å²) in [6.07, 6.45) is 1.48. The maximum atomic E-state index is 12.5. The van der Waals surface area contributed by atoms with Crippen molar-refractivity contribution < 1.29 is 9.53 Å². The number of nitrogens with zero attached hydrogens (tertiary/aromatic N) is 1. The van der Waals surface area contributed by atoms with Gasteiger partial charge in [0.15, 0.2) is 5.75 Å². The van der Waals surface area contributed by atoms with Gasteiger partial charge in [0.25, 0.3) is 5.91 Å². The molecule has 0 saturated carbocycles. The number of amides is 1. The van der Waals surface area contributed by atoms with Gasteiger partial charge in [-0.3, -0.25) is 4.79 Å². The second kappa shape index (κ2) is 10.4. The smallest absolute Gasteiger partial charge is 0.266 e. The third kappa shape index (κ3) is 5.96. The van der Waals surface area contributed by atoms with E-state index >= 15 is 0 Å². The molecule has 1 N–H and O–H groups in total. The van der Waals surface area contributed by atoms with E-state index in [9.17, 15) is 10.1 Å². The number of hydrogen-bond donors (Lipinski definition) is 1. The predicted octanol–water partition coefficient (Wildman–Crippen LogP) is 6.99. The maximum Gasteiger partial charge on any atom is 0.266 e. The molecular weight excluding hydrogens is 532 g/mol. The third-order valence-corrected chi connectivity index (χ3v) is 5.37. The van der Waals surface area contributed by atoms with Gasteiger partial charge in [0.05, 0.1) is 9.50 Å². The minimum absolute atomic E-state index is 0.0455. The van der Waals surface area contributed by atoms with Gasteiger partial charge in [-0.05, 0) is 63.5 Å². The molecule has 0 aromatic heterocycles. The summed E-state index contributed by atoms with van der Waals surface area (Å²) in [6, 6.07) is 22.2.